The van der Waals surface area contributed by atoms with Gasteiger partial charge in [-0.05, 0) is 46.1 Å². The van der Waals surface area contributed by atoms with E-state index in [-0.39, 0.29) is 18.8 Å². The molecule has 0 aliphatic heterocycles. The summed E-state index contributed by atoms with van der Waals surface area (Å²) < 4.78 is 10.1. The highest BCUT2D eigenvalue weighted by molar-refractivity contribution is 5.69. The number of aliphatic hydroxyl groups is 1. The van der Waals surface area contributed by atoms with Gasteiger partial charge in [-0.2, -0.15) is 0 Å². The van der Waals surface area contributed by atoms with Gasteiger partial charge in [-0.25, -0.2) is 4.79 Å². The largest absolute Gasteiger partial charge is 0.466 e. The van der Waals surface area contributed by atoms with Crippen LogP contribution in [0.1, 0.15) is 46.1 Å². The Balaban J connectivity index is 2.72. The van der Waals surface area contributed by atoms with Gasteiger partial charge in [-0.15, -0.1) is 0 Å². The number of nitrogens with one attached hydrogen (secondary N) is 1. The van der Waals surface area contributed by atoms with Gasteiger partial charge in [0.2, 0.25) is 0 Å². The summed E-state index contributed by atoms with van der Waals surface area (Å²) in [5.74, 6) is -0.364. The average molecular weight is 351 g/mol. The maximum absolute atomic E-state index is 12.1. The number of benzene rings is 1. The monoisotopic (exact) mass is 351 g/mol. The van der Waals surface area contributed by atoms with Gasteiger partial charge < -0.3 is 19.9 Å². The van der Waals surface area contributed by atoms with Gasteiger partial charge in [0.1, 0.15) is 5.60 Å². The highest BCUT2D eigenvalue weighted by Gasteiger charge is 2.25. The van der Waals surface area contributed by atoms with Gasteiger partial charge in [0.05, 0.1) is 18.8 Å². The average Bonchev–Trinajstić information content (AvgIpc) is 2.51. The minimum Gasteiger partial charge on any atom is -0.466 e. The molecule has 0 spiro atoms. The van der Waals surface area contributed by atoms with Crippen LogP contribution in [0.4, 0.5) is 4.79 Å². The van der Waals surface area contributed by atoms with E-state index in [1.165, 1.54) is 0 Å². The first kappa shape index (κ1) is 21.0. The fourth-order valence-corrected chi connectivity index (χ4v) is 2.31. The second-order valence-corrected chi connectivity index (χ2v) is 6.85. The molecule has 0 aliphatic rings. The van der Waals surface area contributed by atoms with Gasteiger partial charge in [-0.1, -0.05) is 30.3 Å². The number of ether oxygens (including phenoxy) is 2. The van der Waals surface area contributed by atoms with Gasteiger partial charge in [0.15, 0.2) is 0 Å². The van der Waals surface area contributed by atoms with Crippen molar-refractivity contribution in [1.29, 1.82) is 0 Å². The molecule has 6 nitrogen and oxygen atoms in total. The summed E-state index contributed by atoms with van der Waals surface area (Å²) in [5.41, 5.74) is 0.343. The quantitative estimate of drug-likeness (QED) is 0.704. The van der Waals surface area contributed by atoms with Crippen LogP contribution >= 0.6 is 0 Å². The first-order chi connectivity index (χ1) is 11.7. The van der Waals surface area contributed by atoms with Crippen molar-refractivity contribution in [2.45, 2.75) is 64.7 Å². The molecule has 0 radical (unpaired) electrons. The van der Waals surface area contributed by atoms with Crippen LogP contribution in [0, 0.1) is 0 Å². The second kappa shape index (κ2) is 10.0. The molecule has 1 aromatic carbocycles. The summed E-state index contributed by atoms with van der Waals surface area (Å²) in [5, 5.41) is 13.2. The molecule has 0 heterocycles. The lowest BCUT2D eigenvalue weighted by molar-refractivity contribution is -0.143. The topological polar surface area (TPSA) is 84.9 Å². The SMILES string of the molecule is CCOC(=O)CC[C@H](O)[C@H](Cc1ccccc1)NC(=O)OC(C)(C)C. The minimum atomic E-state index is -0.892. The molecule has 140 valence electrons. The lowest BCUT2D eigenvalue weighted by Gasteiger charge is -2.26. The van der Waals surface area contributed by atoms with Crippen LogP contribution in [0.2, 0.25) is 0 Å². The van der Waals surface area contributed by atoms with Crippen molar-refractivity contribution in [1.82, 2.24) is 5.32 Å². The van der Waals surface area contributed by atoms with Gasteiger partial charge in [0.25, 0.3) is 0 Å². The van der Waals surface area contributed by atoms with Crippen LogP contribution in [-0.4, -0.2) is 41.5 Å². The van der Waals surface area contributed by atoms with Crippen LogP contribution in [0.25, 0.3) is 0 Å². The Labute approximate surface area is 149 Å². The molecule has 1 rings (SSSR count). The van der Waals surface area contributed by atoms with Crippen molar-refractivity contribution in [2.75, 3.05) is 6.61 Å². The molecule has 0 bridgehead atoms. The van der Waals surface area contributed by atoms with Gasteiger partial charge >= 0.3 is 12.1 Å². The maximum Gasteiger partial charge on any atom is 0.407 e. The fraction of sp³-hybridized carbons (Fsp3) is 0.579. The Morgan fingerprint density at radius 3 is 2.40 bits per heavy atom. The summed E-state index contributed by atoms with van der Waals surface area (Å²) in [6.45, 7) is 7.36. The number of aliphatic hydroxyl groups excluding tert-OH is 1. The summed E-state index contributed by atoms with van der Waals surface area (Å²) in [6, 6.07) is 8.96. The number of esters is 1. The normalized spacial score (nSPS) is 13.6. The first-order valence-electron chi connectivity index (χ1n) is 8.58. The maximum atomic E-state index is 12.1. The molecule has 0 saturated carbocycles. The molecule has 0 unspecified atom stereocenters. The Kier molecular flexibility index (Phi) is 8.41. The number of carbonyl (C=O) groups is 2. The van der Waals surface area contributed by atoms with E-state index in [0.717, 1.165) is 5.56 Å². The van der Waals surface area contributed by atoms with E-state index in [2.05, 4.69) is 5.32 Å². The van der Waals surface area contributed by atoms with Crippen molar-refractivity contribution >= 4 is 12.1 Å². The van der Waals surface area contributed by atoms with E-state index < -0.39 is 23.8 Å². The molecule has 6 heteroatoms. The molecular weight excluding hydrogens is 322 g/mol. The zero-order valence-corrected chi connectivity index (χ0v) is 15.5. The molecule has 1 aromatic rings. The van der Waals surface area contributed by atoms with Crippen LogP contribution in [-0.2, 0) is 20.7 Å². The summed E-state index contributed by atoms with van der Waals surface area (Å²) in [4.78, 5) is 23.6. The molecule has 1 amide bonds. The van der Waals surface area contributed by atoms with Crippen LogP contribution in [0.15, 0.2) is 30.3 Å². The minimum absolute atomic E-state index is 0.0935. The number of alkyl carbamates (subject to hydrolysis) is 1. The Morgan fingerprint density at radius 1 is 1.20 bits per heavy atom. The van der Waals surface area contributed by atoms with Gasteiger partial charge in [-0.3, -0.25) is 4.79 Å². The smallest absolute Gasteiger partial charge is 0.407 e. The van der Waals surface area contributed by atoms with Crippen molar-refractivity contribution in [3.05, 3.63) is 35.9 Å². The van der Waals surface area contributed by atoms with E-state index in [4.69, 9.17) is 9.47 Å². The summed E-state index contributed by atoms with van der Waals surface area (Å²) in [7, 11) is 0. The van der Waals surface area contributed by atoms with E-state index in [9.17, 15) is 14.7 Å². The van der Waals surface area contributed by atoms with E-state index in [1.54, 1.807) is 27.7 Å². The number of carbonyl (C=O) groups excluding carboxylic acids is 2. The molecule has 0 aliphatic carbocycles. The standard InChI is InChI=1S/C19H29NO5/c1-5-24-17(22)12-11-16(21)15(13-14-9-7-6-8-10-14)20-18(23)25-19(2,3)4/h6-10,15-16,21H,5,11-13H2,1-4H3,(H,20,23)/t15-,16-/m0/s1. The van der Waals surface area contributed by atoms with E-state index >= 15 is 0 Å². The zero-order valence-electron chi connectivity index (χ0n) is 15.5. The number of hydrogen-bond donors (Lipinski definition) is 2. The third-order valence-electron chi connectivity index (χ3n) is 3.41. The zero-order chi connectivity index (χ0) is 18.9. The number of amides is 1. The highest BCUT2D eigenvalue weighted by atomic mass is 16.6. The van der Waals surface area contributed by atoms with Gasteiger partial charge in [0, 0.05) is 6.42 Å². The van der Waals surface area contributed by atoms with E-state index in [0.29, 0.717) is 13.0 Å². The van der Waals surface area contributed by atoms with Crippen LogP contribution in [0.5, 0.6) is 0 Å². The predicted octanol–water partition coefficient (Wildman–Crippen LogP) is 2.83. The van der Waals surface area contributed by atoms with Crippen molar-refractivity contribution in [2.24, 2.45) is 0 Å². The fourth-order valence-electron chi connectivity index (χ4n) is 2.31. The van der Waals surface area contributed by atoms with Crippen LogP contribution in [0.3, 0.4) is 0 Å². The third-order valence-corrected chi connectivity index (χ3v) is 3.41. The number of rotatable bonds is 8. The first-order valence-corrected chi connectivity index (χ1v) is 8.58. The molecule has 2 N–H and O–H groups in total. The molecule has 0 saturated heterocycles. The number of hydrogen-bond acceptors (Lipinski definition) is 5. The molecular formula is C19H29NO5. The van der Waals surface area contributed by atoms with Crippen molar-refractivity contribution in [3.63, 3.8) is 0 Å². The third kappa shape index (κ3) is 9.10. The van der Waals surface area contributed by atoms with Crippen molar-refractivity contribution in [3.8, 4) is 0 Å². The van der Waals surface area contributed by atoms with E-state index in [1.807, 2.05) is 30.3 Å². The van der Waals surface area contributed by atoms with Crippen LogP contribution < -0.4 is 5.32 Å². The molecule has 0 fully saturated rings. The molecule has 0 aromatic heterocycles. The second-order valence-electron chi connectivity index (χ2n) is 6.85. The Hall–Kier alpha value is -2.08. The molecule has 2 atom stereocenters. The Morgan fingerprint density at radius 2 is 1.84 bits per heavy atom. The predicted molar refractivity (Wildman–Crippen MR) is 95.2 cm³/mol. The highest BCUT2D eigenvalue weighted by Crippen LogP contribution is 2.13. The molecule has 25 heavy (non-hydrogen) atoms. The lowest BCUT2D eigenvalue weighted by Crippen LogP contribution is -2.46. The summed E-state index contributed by atoms with van der Waals surface area (Å²) >= 11 is 0. The Bertz CT molecular complexity index is 538. The van der Waals surface area contributed by atoms with Crippen molar-refractivity contribution < 1.29 is 24.2 Å². The lowest BCUT2D eigenvalue weighted by atomic mass is 9.98. The summed E-state index contributed by atoms with van der Waals surface area (Å²) in [6.07, 6.45) is -0.757.